The van der Waals surface area contributed by atoms with Crippen molar-refractivity contribution in [1.29, 1.82) is 5.26 Å². The molecule has 7 nitrogen and oxygen atoms in total. The molecule has 0 fully saturated rings. The number of benzene rings is 1. The number of halogens is 1. The van der Waals surface area contributed by atoms with Gasteiger partial charge in [-0.05, 0) is 28.7 Å². The van der Waals surface area contributed by atoms with E-state index in [2.05, 4.69) is 0 Å². The second-order valence-corrected chi connectivity index (χ2v) is 5.28. The van der Waals surface area contributed by atoms with Gasteiger partial charge in [-0.15, -0.1) is 0 Å². The number of non-ortho nitro benzene ring substituents is 1. The van der Waals surface area contributed by atoms with Crippen molar-refractivity contribution >= 4 is 34.2 Å². The predicted octanol–water partition coefficient (Wildman–Crippen LogP) is 2.20. The lowest BCUT2D eigenvalue weighted by Gasteiger charge is -2.21. The number of carbonyl (C=O) groups is 1. The fraction of sp³-hybridized carbons (Fsp3) is 0.385. The molecule has 0 aliphatic rings. The normalized spacial score (nSPS) is 9.95. The Labute approximate surface area is 135 Å². The van der Waals surface area contributed by atoms with Crippen molar-refractivity contribution in [3.63, 3.8) is 0 Å². The van der Waals surface area contributed by atoms with Gasteiger partial charge in [0.25, 0.3) is 11.6 Å². The molecular weight excluding hydrogens is 389 g/mol. The Morgan fingerprint density at radius 2 is 2.24 bits per heavy atom. The molecule has 0 spiro atoms. The number of nitriles is 1. The topological polar surface area (TPSA) is 96.5 Å². The number of ether oxygens (including phenoxy) is 1. The zero-order chi connectivity index (χ0) is 15.8. The summed E-state index contributed by atoms with van der Waals surface area (Å²) in [6.45, 7) is 0.927. The van der Waals surface area contributed by atoms with Crippen molar-refractivity contribution in [2.24, 2.45) is 0 Å². The standard InChI is InChI=1S/C13H14IN3O4/c1-21-8-7-16(6-2-5-15)13(18)11-9-10(17(19)20)3-4-12(11)14/h3-4,9H,2,6-8H2,1H3. The third kappa shape index (κ3) is 4.95. The minimum Gasteiger partial charge on any atom is -0.383 e. The Morgan fingerprint density at radius 3 is 2.81 bits per heavy atom. The van der Waals surface area contributed by atoms with Crippen LogP contribution in [0.2, 0.25) is 0 Å². The highest BCUT2D eigenvalue weighted by Gasteiger charge is 2.20. The fourth-order valence-corrected chi connectivity index (χ4v) is 2.23. The molecule has 0 saturated heterocycles. The van der Waals surface area contributed by atoms with Crippen LogP contribution < -0.4 is 0 Å². The second kappa shape index (κ2) is 8.53. The summed E-state index contributed by atoms with van der Waals surface area (Å²) in [5.74, 6) is -0.338. The molecule has 1 aromatic rings. The molecule has 0 bridgehead atoms. The lowest BCUT2D eigenvalue weighted by atomic mass is 10.1. The Balaban J connectivity index is 3.04. The summed E-state index contributed by atoms with van der Waals surface area (Å²) in [5.41, 5.74) is 0.129. The summed E-state index contributed by atoms with van der Waals surface area (Å²) in [4.78, 5) is 24.2. The van der Waals surface area contributed by atoms with Crippen molar-refractivity contribution < 1.29 is 14.5 Å². The van der Waals surface area contributed by atoms with Gasteiger partial charge >= 0.3 is 0 Å². The molecule has 0 heterocycles. The van der Waals surface area contributed by atoms with Crippen LogP contribution in [0.3, 0.4) is 0 Å². The minimum absolute atomic E-state index is 0.134. The molecule has 8 heteroatoms. The van der Waals surface area contributed by atoms with Gasteiger partial charge in [0.15, 0.2) is 0 Å². The van der Waals surface area contributed by atoms with E-state index in [1.54, 1.807) is 0 Å². The molecule has 1 aromatic carbocycles. The van der Waals surface area contributed by atoms with Crippen LogP contribution in [0, 0.1) is 25.0 Å². The highest BCUT2D eigenvalue weighted by Crippen LogP contribution is 2.21. The quantitative estimate of drug-likeness (QED) is 0.395. The number of rotatable bonds is 7. The number of nitro groups is 1. The van der Waals surface area contributed by atoms with Crippen LogP contribution in [0.25, 0.3) is 0 Å². The summed E-state index contributed by atoms with van der Waals surface area (Å²) in [7, 11) is 1.52. The maximum Gasteiger partial charge on any atom is 0.270 e. The van der Waals surface area contributed by atoms with E-state index >= 15 is 0 Å². The van der Waals surface area contributed by atoms with Gasteiger partial charge in [-0.2, -0.15) is 5.26 Å². The van der Waals surface area contributed by atoms with E-state index in [-0.39, 0.29) is 30.1 Å². The molecule has 0 saturated carbocycles. The Hall–Kier alpha value is -1.73. The number of amides is 1. The monoisotopic (exact) mass is 403 g/mol. The minimum atomic E-state index is -0.540. The van der Waals surface area contributed by atoms with Gasteiger partial charge in [-0.3, -0.25) is 14.9 Å². The maximum atomic E-state index is 12.5. The first kappa shape index (κ1) is 17.3. The number of nitro benzene ring substituents is 1. The van der Waals surface area contributed by atoms with Crippen molar-refractivity contribution in [2.75, 3.05) is 26.8 Å². The molecule has 0 aromatic heterocycles. The number of nitrogens with zero attached hydrogens (tertiary/aromatic N) is 3. The van der Waals surface area contributed by atoms with Gasteiger partial charge in [0.1, 0.15) is 0 Å². The summed E-state index contributed by atoms with van der Waals surface area (Å²) in [5, 5.41) is 19.5. The molecule has 0 aliphatic carbocycles. The van der Waals surface area contributed by atoms with E-state index in [1.165, 1.54) is 30.2 Å². The van der Waals surface area contributed by atoms with Gasteiger partial charge in [-0.25, -0.2) is 0 Å². The van der Waals surface area contributed by atoms with Crippen LogP contribution in [-0.2, 0) is 4.74 Å². The molecule has 0 unspecified atom stereocenters. The molecule has 0 aliphatic heterocycles. The van der Waals surface area contributed by atoms with Crippen LogP contribution in [-0.4, -0.2) is 42.5 Å². The van der Waals surface area contributed by atoms with Crippen molar-refractivity contribution in [1.82, 2.24) is 4.90 Å². The van der Waals surface area contributed by atoms with E-state index in [4.69, 9.17) is 10.00 Å². The van der Waals surface area contributed by atoms with Crippen molar-refractivity contribution in [3.05, 3.63) is 37.4 Å². The summed E-state index contributed by atoms with van der Waals surface area (Å²) in [6.07, 6.45) is 0.195. The van der Waals surface area contributed by atoms with Crippen LogP contribution in [0.4, 0.5) is 5.69 Å². The van der Waals surface area contributed by atoms with Gasteiger partial charge < -0.3 is 9.64 Å². The molecule has 21 heavy (non-hydrogen) atoms. The predicted molar refractivity (Wildman–Crippen MR) is 83.8 cm³/mol. The van der Waals surface area contributed by atoms with Crippen LogP contribution in [0.5, 0.6) is 0 Å². The lowest BCUT2D eigenvalue weighted by molar-refractivity contribution is -0.384. The van der Waals surface area contributed by atoms with E-state index in [9.17, 15) is 14.9 Å². The van der Waals surface area contributed by atoms with E-state index < -0.39 is 4.92 Å². The molecule has 0 N–H and O–H groups in total. The smallest absolute Gasteiger partial charge is 0.270 e. The Morgan fingerprint density at radius 1 is 1.52 bits per heavy atom. The second-order valence-electron chi connectivity index (χ2n) is 4.11. The summed E-state index contributed by atoms with van der Waals surface area (Å²) in [6, 6.07) is 6.13. The maximum absolute atomic E-state index is 12.5. The number of hydrogen-bond donors (Lipinski definition) is 0. The SMILES string of the molecule is COCCN(CCC#N)C(=O)c1cc([N+](=O)[O-])ccc1I. The van der Waals surface area contributed by atoms with Crippen molar-refractivity contribution in [2.45, 2.75) is 6.42 Å². The zero-order valence-electron chi connectivity index (χ0n) is 11.4. The highest BCUT2D eigenvalue weighted by atomic mass is 127. The van der Waals surface area contributed by atoms with Gasteiger partial charge in [0.05, 0.1) is 29.6 Å². The zero-order valence-corrected chi connectivity index (χ0v) is 13.6. The fourth-order valence-electron chi connectivity index (χ4n) is 1.66. The molecule has 112 valence electrons. The Bertz CT molecular complexity index is 571. The highest BCUT2D eigenvalue weighted by molar-refractivity contribution is 14.1. The average molecular weight is 403 g/mol. The summed E-state index contributed by atoms with van der Waals surface area (Å²) >= 11 is 1.96. The lowest BCUT2D eigenvalue weighted by Crippen LogP contribution is -2.35. The molecular formula is C13H14IN3O4. The first-order valence-corrected chi connectivity index (χ1v) is 7.18. The molecule has 0 radical (unpaired) electrons. The largest absolute Gasteiger partial charge is 0.383 e. The van der Waals surface area contributed by atoms with Gasteiger partial charge in [0, 0.05) is 35.9 Å². The third-order valence-corrected chi connectivity index (χ3v) is 3.68. The number of carbonyl (C=O) groups excluding carboxylic acids is 1. The molecule has 1 amide bonds. The Kier molecular flexibility index (Phi) is 7.04. The average Bonchev–Trinajstić information content (AvgIpc) is 2.47. The third-order valence-electron chi connectivity index (χ3n) is 2.74. The molecule has 1 rings (SSSR count). The van der Waals surface area contributed by atoms with Crippen LogP contribution >= 0.6 is 22.6 Å². The van der Waals surface area contributed by atoms with Crippen LogP contribution in [0.15, 0.2) is 18.2 Å². The van der Waals surface area contributed by atoms with Gasteiger partial charge in [-0.1, -0.05) is 0 Å². The van der Waals surface area contributed by atoms with Crippen molar-refractivity contribution in [3.8, 4) is 6.07 Å². The van der Waals surface area contributed by atoms with Crippen LogP contribution in [0.1, 0.15) is 16.8 Å². The first-order valence-electron chi connectivity index (χ1n) is 6.10. The van der Waals surface area contributed by atoms with E-state index in [0.717, 1.165) is 0 Å². The first-order chi connectivity index (χ1) is 10.0. The summed E-state index contributed by atoms with van der Waals surface area (Å²) < 4.78 is 5.57. The van der Waals surface area contributed by atoms with E-state index in [1.807, 2.05) is 28.7 Å². The number of methoxy groups -OCH3 is 1. The number of hydrogen-bond acceptors (Lipinski definition) is 5. The van der Waals surface area contributed by atoms with Gasteiger partial charge in [0.2, 0.25) is 0 Å². The van der Waals surface area contributed by atoms with E-state index in [0.29, 0.717) is 16.7 Å². The molecule has 0 atom stereocenters.